The Morgan fingerprint density at radius 1 is 1.00 bits per heavy atom. The predicted octanol–water partition coefficient (Wildman–Crippen LogP) is 5.99. The minimum atomic E-state index is -0.0785. The van der Waals surface area contributed by atoms with Gasteiger partial charge in [0.05, 0.1) is 0 Å². The van der Waals surface area contributed by atoms with Gasteiger partial charge in [0.15, 0.2) is 0 Å². The summed E-state index contributed by atoms with van der Waals surface area (Å²) < 4.78 is 5.84. The summed E-state index contributed by atoms with van der Waals surface area (Å²) in [4.78, 5) is 11.7. The zero-order valence-electron chi connectivity index (χ0n) is 16.9. The lowest BCUT2D eigenvalue weighted by atomic mass is 9.45. The molecule has 4 aliphatic rings. The Bertz CT molecular complexity index is 528. The number of carbonyl (C=O) groups excluding carboxylic acids is 1. The summed E-state index contributed by atoms with van der Waals surface area (Å²) in [6.07, 6.45) is 14.0. The van der Waals surface area contributed by atoms with E-state index < -0.39 is 0 Å². The second-order valence-corrected chi connectivity index (χ2v) is 10.3. The molecule has 142 valence electrons. The quantitative estimate of drug-likeness (QED) is 0.574. The van der Waals surface area contributed by atoms with Crippen LogP contribution in [0.5, 0.6) is 0 Å². The fraction of sp³-hybridized carbons (Fsp3) is 0.957. The normalized spacial score (nSPS) is 52.0. The van der Waals surface area contributed by atoms with Gasteiger partial charge in [0.2, 0.25) is 0 Å². The molecule has 0 N–H and O–H groups in total. The van der Waals surface area contributed by atoms with Gasteiger partial charge in [-0.1, -0.05) is 33.6 Å². The summed E-state index contributed by atoms with van der Waals surface area (Å²) >= 11 is 0. The van der Waals surface area contributed by atoms with Gasteiger partial charge >= 0.3 is 5.97 Å². The Balaban J connectivity index is 1.62. The standard InChI is InChI=1S/C23H38O2/c1-5-18-21(25-15(2)24)14-20-17-10-9-16-8-6-7-12-22(16,3)19(17)11-13-23(18,20)4/h16-21H,5-14H2,1-4H3/t16?,17-,18+,19+,20+,21?,22+,23-/m1/s1. The van der Waals surface area contributed by atoms with E-state index in [9.17, 15) is 4.79 Å². The van der Waals surface area contributed by atoms with E-state index in [1.807, 2.05) is 0 Å². The molecule has 0 bridgehead atoms. The third-order valence-corrected chi connectivity index (χ3v) is 9.56. The molecule has 4 aliphatic carbocycles. The fourth-order valence-electron chi connectivity index (χ4n) is 8.46. The number of rotatable bonds is 2. The van der Waals surface area contributed by atoms with Gasteiger partial charge in [0.25, 0.3) is 0 Å². The molecule has 4 saturated carbocycles. The van der Waals surface area contributed by atoms with Crippen LogP contribution in [-0.2, 0) is 9.53 Å². The molecule has 2 nitrogen and oxygen atoms in total. The second-order valence-electron chi connectivity index (χ2n) is 10.3. The first-order valence-corrected chi connectivity index (χ1v) is 11.1. The number of esters is 1. The molecule has 25 heavy (non-hydrogen) atoms. The molecule has 2 unspecified atom stereocenters. The number of ether oxygens (including phenoxy) is 1. The molecule has 0 radical (unpaired) electrons. The number of hydrogen-bond donors (Lipinski definition) is 0. The van der Waals surface area contributed by atoms with Gasteiger partial charge in [0.1, 0.15) is 6.10 Å². The van der Waals surface area contributed by atoms with E-state index in [1.54, 1.807) is 6.92 Å². The van der Waals surface area contributed by atoms with Crippen LogP contribution in [0.15, 0.2) is 0 Å². The van der Waals surface area contributed by atoms with Crippen molar-refractivity contribution in [3.8, 4) is 0 Å². The molecule has 0 amide bonds. The topological polar surface area (TPSA) is 26.3 Å². The third kappa shape index (κ3) is 2.60. The van der Waals surface area contributed by atoms with Crippen LogP contribution in [0, 0.1) is 40.4 Å². The smallest absolute Gasteiger partial charge is 0.302 e. The van der Waals surface area contributed by atoms with Crippen LogP contribution in [0.1, 0.15) is 91.9 Å². The first-order valence-electron chi connectivity index (χ1n) is 11.1. The first-order chi connectivity index (χ1) is 11.9. The molecule has 0 aromatic rings. The maximum absolute atomic E-state index is 11.7. The van der Waals surface area contributed by atoms with Crippen molar-refractivity contribution in [1.29, 1.82) is 0 Å². The highest BCUT2D eigenvalue weighted by Crippen LogP contribution is 2.68. The van der Waals surface area contributed by atoms with E-state index in [4.69, 9.17) is 4.74 Å². The molecule has 4 fully saturated rings. The molecule has 0 heterocycles. The van der Waals surface area contributed by atoms with E-state index >= 15 is 0 Å². The van der Waals surface area contributed by atoms with Crippen molar-refractivity contribution >= 4 is 5.97 Å². The third-order valence-electron chi connectivity index (χ3n) is 9.56. The van der Waals surface area contributed by atoms with Crippen LogP contribution in [-0.4, -0.2) is 12.1 Å². The minimum absolute atomic E-state index is 0.0785. The second kappa shape index (κ2) is 6.27. The Morgan fingerprint density at radius 2 is 1.80 bits per heavy atom. The van der Waals surface area contributed by atoms with Crippen LogP contribution in [0.2, 0.25) is 0 Å². The van der Waals surface area contributed by atoms with Crippen LogP contribution >= 0.6 is 0 Å². The Morgan fingerprint density at radius 3 is 2.52 bits per heavy atom. The Kier molecular flexibility index (Phi) is 4.48. The molecule has 0 aromatic carbocycles. The largest absolute Gasteiger partial charge is 0.462 e. The SMILES string of the molecule is CC[C@H]1C(OC(C)=O)C[C@H]2[C@@H]3CCC4CCCC[C@]4(C)[C@H]3CC[C@]12C. The number of hydrogen-bond acceptors (Lipinski definition) is 2. The monoisotopic (exact) mass is 346 g/mol. The van der Waals surface area contributed by atoms with E-state index in [2.05, 4.69) is 20.8 Å². The lowest BCUT2D eigenvalue weighted by Crippen LogP contribution is -2.52. The molecule has 0 saturated heterocycles. The molecule has 8 atom stereocenters. The van der Waals surface area contributed by atoms with E-state index in [0.717, 1.165) is 36.5 Å². The number of carbonyl (C=O) groups is 1. The maximum Gasteiger partial charge on any atom is 0.302 e. The Hall–Kier alpha value is -0.530. The molecular weight excluding hydrogens is 308 g/mol. The molecular formula is C23H38O2. The van der Waals surface area contributed by atoms with Crippen LogP contribution < -0.4 is 0 Å². The maximum atomic E-state index is 11.7. The average molecular weight is 347 g/mol. The minimum Gasteiger partial charge on any atom is -0.462 e. The Labute approximate surface area is 154 Å². The lowest BCUT2D eigenvalue weighted by Gasteiger charge is -2.60. The number of fused-ring (bicyclic) bond motifs is 5. The summed E-state index contributed by atoms with van der Waals surface area (Å²) in [6.45, 7) is 9.08. The summed E-state index contributed by atoms with van der Waals surface area (Å²) in [7, 11) is 0. The van der Waals surface area contributed by atoms with Gasteiger partial charge < -0.3 is 4.74 Å². The van der Waals surface area contributed by atoms with Crippen molar-refractivity contribution < 1.29 is 9.53 Å². The van der Waals surface area contributed by atoms with Gasteiger partial charge in [0, 0.05) is 12.8 Å². The van der Waals surface area contributed by atoms with Crippen molar-refractivity contribution in [3.05, 3.63) is 0 Å². The van der Waals surface area contributed by atoms with Gasteiger partial charge in [-0.2, -0.15) is 0 Å². The zero-order valence-corrected chi connectivity index (χ0v) is 16.9. The van der Waals surface area contributed by atoms with Gasteiger partial charge in [-0.15, -0.1) is 0 Å². The van der Waals surface area contributed by atoms with E-state index in [1.165, 1.54) is 51.4 Å². The molecule has 0 aliphatic heterocycles. The summed E-state index contributed by atoms with van der Waals surface area (Å²) in [6, 6.07) is 0. The van der Waals surface area contributed by atoms with E-state index in [-0.39, 0.29) is 12.1 Å². The van der Waals surface area contributed by atoms with Crippen LogP contribution in [0.4, 0.5) is 0 Å². The first kappa shape index (κ1) is 17.9. The van der Waals surface area contributed by atoms with Crippen LogP contribution in [0.25, 0.3) is 0 Å². The van der Waals surface area contributed by atoms with Crippen LogP contribution in [0.3, 0.4) is 0 Å². The molecule has 4 rings (SSSR count). The van der Waals surface area contributed by atoms with E-state index in [0.29, 0.717) is 16.7 Å². The van der Waals surface area contributed by atoms with Gasteiger partial charge in [-0.25, -0.2) is 0 Å². The van der Waals surface area contributed by atoms with Crippen molar-refractivity contribution in [2.75, 3.05) is 0 Å². The fourth-order valence-corrected chi connectivity index (χ4v) is 8.46. The average Bonchev–Trinajstić information content (AvgIpc) is 2.84. The summed E-state index contributed by atoms with van der Waals surface area (Å²) in [5, 5.41) is 0. The van der Waals surface area contributed by atoms with Crippen molar-refractivity contribution in [1.82, 2.24) is 0 Å². The van der Waals surface area contributed by atoms with Gasteiger partial charge in [-0.05, 0) is 85.9 Å². The highest BCUT2D eigenvalue weighted by Gasteiger charge is 2.62. The summed E-state index contributed by atoms with van der Waals surface area (Å²) in [5.41, 5.74) is 0.998. The highest BCUT2D eigenvalue weighted by molar-refractivity contribution is 5.66. The molecule has 2 heteroatoms. The van der Waals surface area contributed by atoms with Crippen molar-refractivity contribution in [2.24, 2.45) is 40.4 Å². The van der Waals surface area contributed by atoms with Crippen molar-refractivity contribution in [2.45, 2.75) is 98.0 Å². The lowest BCUT2D eigenvalue weighted by molar-refractivity contribution is -0.149. The zero-order chi connectivity index (χ0) is 17.8. The molecule has 0 spiro atoms. The predicted molar refractivity (Wildman–Crippen MR) is 101 cm³/mol. The van der Waals surface area contributed by atoms with Gasteiger partial charge in [-0.3, -0.25) is 4.79 Å². The summed E-state index contributed by atoms with van der Waals surface area (Å²) in [5.74, 6) is 4.06. The molecule has 0 aromatic heterocycles. The van der Waals surface area contributed by atoms with Crippen molar-refractivity contribution in [3.63, 3.8) is 0 Å². The highest BCUT2D eigenvalue weighted by atomic mass is 16.5.